The van der Waals surface area contributed by atoms with Crippen molar-refractivity contribution in [2.24, 2.45) is 17.3 Å². The van der Waals surface area contributed by atoms with Crippen LogP contribution in [0.5, 0.6) is 0 Å². The average Bonchev–Trinajstić information content (AvgIpc) is 2.98. The molecule has 0 bridgehead atoms. The molecule has 1 saturated carbocycles. The Hall–Kier alpha value is -1.24. The van der Waals surface area contributed by atoms with Gasteiger partial charge in [-0.1, -0.05) is 31.5 Å². The summed E-state index contributed by atoms with van der Waals surface area (Å²) in [7, 11) is 0. The van der Waals surface area contributed by atoms with Gasteiger partial charge in [0.2, 0.25) is 0 Å². The fourth-order valence-electron chi connectivity index (χ4n) is 2.95. The molecule has 1 fully saturated rings. The van der Waals surface area contributed by atoms with Gasteiger partial charge in [-0.05, 0) is 30.6 Å². The minimum Gasteiger partial charge on any atom is -0.203 e. The van der Waals surface area contributed by atoms with Crippen LogP contribution in [-0.4, -0.2) is 6.18 Å². The second kappa shape index (κ2) is 5.93. The van der Waals surface area contributed by atoms with Crippen molar-refractivity contribution in [2.45, 2.75) is 33.4 Å². The molecule has 134 valence electrons. The van der Waals surface area contributed by atoms with E-state index in [2.05, 4.69) is 0 Å². The zero-order valence-electron chi connectivity index (χ0n) is 13.0. The van der Waals surface area contributed by atoms with Crippen molar-refractivity contribution in [2.75, 3.05) is 0 Å². The SMILES string of the molecule is Cc1c(F)c(F)c(C[C@@H]2[C@H](/C=C(\Cl)C(F)(F)F)C2(C)C)c(F)c1F. The Bertz CT molecular complexity index is 674. The predicted molar refractivity (Wildman–Crippen MR) is 75.5 cm³/mol. The van der Waals surface area contributed by atoms with Crippen LogP contribution in [0, 0.1) is 47.4 Å². The van der Waals surface area contributed by atoms with E-state index in [4.69, 9.17) is 11.6 Å². The summed E-state index contributed by atoms with van der Waals surface area (Å²) < 4.78 is 92.5. The second-order valence-corrected chi connectivity index (χ2v) is 6.94. The number of allylic oxidation sites excluding steroid dienone is 2. The van der Waals surface area contributed by atoms with E-state index in [-0.39, 0.29) is 0 Å². The zero-order valence-corrected chi connectivity index (χ0v) is 13.7. The summed E-state index contributed by atoms with van der Waals surface area (Å²) in [5, 5.41) is -1.33. The number of benzene rings is 1. The molecule has 2 rings (SSSR count). The molecular weight excluding hydrogens is 361 g/mol. The van der Waals surface area contributed by atoms with E-state index in [1.54, 1.807) is 13.8 Å². The van der Waals surface area contributed by atoms with Gasteiger partial charge in [-0.3, -0.25) is 0 Å². The summed E-state index contributed by atoms with van der Waals surface area (Å²) in [6, 6.07) is 0. The van der Waals surface area contributed by atoms with Crippen molar-refractivity contribution >= 4 is 11.6 Å². The van der Waals surface area contributed by atoms with Gasteiger partial charge in [0.05, 0.1) is 0 Å². The number of alkyl halides is 3. The molecule has 0 radical (unpaired) electrons. The van der Waals surface area contributed by atoms with E-state index < -0.39 is 69.3 Å². The molecule has 1 aromatic carbocycles. The van der Waals surface area contributed by atoms with Gasteiger partial charge < -0.3 is 0 Å². The van der Waals surface area contributed by atoms with Crippen molar-refractivity contribution in [1.29, 1.82) is 0 Å². The van der Waals surface area contributed by atoms with Crippen molar-refractivity contribution < 1.29 is 30.7 Å². The summed E-state index contributed by atoms with van der Waals surface area (Å²) in [5.74, 6) is -7.36. The molecule has 1 aromatic rings. The first-order chi connectivity index (χ1) is 10.8. The highest BCUT2D eigenvalue weighted by Crippen LogP contribution is 2.61. The largest absolute Gasteiger partial charge is 0.426 e. The monoisotopic (exact) mass is 374 g/mol. The maximum atomic E-state index is 13.9. The van der Waals surface area contributed by atoms with Crippen molar-refractivity contribution in [3.05, 3.63) is 45.5 Å². The third-order valence-electron chi connectivity index (χ3n) is 4.73. The third kappa shape index (κ3) is 3.15. The van der Waals surface area contributed by atoms with E-state index in [0.29, 0.717) is 0 Å². The van der Waals surface area contributed by atoms with Crippen molar-refractivity contribution in [3.63, 3.8) is 0 Å². The van der Waals surface area contributed by atoms with Gasteiger partial charge in [0.25, 0.3) is 0 Å². The van der Waals surface area contributed by atoms with E-state index in [1.165, 1.54) is 0 Å². The molecule has 0 aromatic heterocycles. The molecule has 0 amide bonds. The predicted octanol–water partition coefficient (Wildman–Crippen LogP) is 6.05. The summed E-state index contributed by atoms with van der Waals surface area (Å²) in [6.07, 6.45) is -4.37. The van der Waals surface area contributed by atoms with E-state index in [9.17, 15) is 30.7 Å². The molecule has 1 aliphatic rings. The molecule has 0 N–H and O–H groups in total. The van der Waals surface area contributed by atoms with E-state index in [1.807, 2.05) is 0 Å². The highest BCUT2D eigenvalue weighted by molar-refractivity contribution is 6.30. The molecular formula is C16H14ClF7. The van der Waals surface area contributed by atoms with Crippen LogP contribution in [0.2, 0.25) is 0 Å². The maximum Gasteiger partial charge on any atom is 0.426 e. The van der Waals surface area contributed by atoms with Crippen LogP contribution in [0.1, 0.15) is 25.0 Å². The van der Waals surface area contributed by atoms with Crippen LogP contribution in [-0.2, 0) is 6.42 Å². The zero-order chi connectivity index (χ0) is 18.6. The van der Waals surface area contributed by atoms with Gasteiger partial charge in [-0.2, -0.15) is 13.2 Å². The van der Waals surface area contributed by atoms with E-state index >= 15 is 0 Å². The molecule has 0 nitrogen and oxygen atoms in total. The Labute approximate surface area is 139 Å². The van der Waals surface area contributed by atoms with Gasteiger partial charge in [0.15, 0.2) is 23.3 Å². The standard InChI is InChI=1S/C16H14ClF7/c1-6-11(18)13(20)7(14(21)12(6)19)4-8-9(15(8,2)3)5-10(17)16(22,23)24/h5,8-9H,4H2,1-3H3/b10-5-/t8-,9+/m1/s1. The Morgan fingerprint density at radius 2 is 1.50 bits per heavy atom. The number of hydrogen-bond donors (Lipinski definition) is 0. The fraction of sp³-hybridized carbons (Fsp3) is 0.500. The van der Waals surface area contributed by atoms with Gasteiger partial charge in [-0.25, -0.2) is 17.6 Å². The first-order valence-electron chi connectivity index (χ1n) is 7.06. The first kappa shape index (κ1) is 19.1. The molecule has 1 aliphatic carbocycles. The summed E-state index contributed by atoms with van der Waals surface area (Å²) in [4.78, 5) is 0. The Morgan fingerprint density at radius 3 is 1.92 bits per heavy atom. The Morgan fingerprint density at radius 1 is 1.04 bits per heavy atom. The molecule has 24 heavy (non-hydrogen) atoms. The molecule has 2 atom stereocenters. The third-order valence-corrected chi connectivity index (χ3v) is 5.07. The molecule has 0 aliphatic heterocycles. The van der Waals surface area contributed by atoms with Crippen LogP contribution in [0.15, 0.2) is 11.1 Å². The number of halogens is 8. The number of rotatable bonds is 3. The van der Waals surface area contributed by atoms with Gasteiger partial charge >= 0.3 is 6.18 Å². The molecule has 0 unspecified atom stereocenters. The van der Waals surface area contributed by atoms with Crippen LogP contribution >= 0.6 is 11.6 Å². The second-order valence-electron chi connectivity index (χ2n) is 6.53. The lowest BCUT2D eigenvalue weighted by Gasteiger charge is -2.10. The van der Waals surface area contributed by atoms with Crippen LogP contribution < -0.4 is 0 Å². The molecule has 8 heteroatoms. The molecule has 0 spiro atoms. The normalized spacial score (nSPS) is 23.5. The highest BCUT2D eigenvalue weighted by atomic mass is 35.5. The first-order valence-corrected chi connectivity index (χ1v) is 7.43. The lowest BCUT2D eigenvalue weighted by molar-refractivity contribution is -0.0848. The lowest BCUT2D eigenvalue weighted by atomic mass is 10.00. The van der Waals surface area contributed by atoms with Crippen LogP contribution in [0.3, 0.4) is 0 Å². The summed E-state index contributed by atoms with van der Waals surface area (Å²) >= 11 is 5.19. The molecule has 0 heterocycles. The fourth-order valence-corrected chi connectivity index (χ4v) is 3.08. The highest BCUT2D eigenvalue weighted by Gasteiger charge is 2.57. The van der Waals surface area contributed by atoms with Crippen molar-refractivity contribution in [3.8, 4) is 0 Å². The minimum absolute atomic E-state index is 0.429. The quantitative estimate of drug-likeness (QED) is 0.446. The van der Waals surface area contributed by atoms with Crippen LogP contribution in [0.25, 0.3) is 0 Å². The smallest absolute Gasteiger partial charge is 0.203 e. The lowest BCUT2D eigenvalue weighted by Crippen LogP contribution is -2.09. The Balaban J connectivity index is 2.34. The van der Waals surface area contributed by atoms with E-state index in [0.717, 1.165) is 13.0 Å². The van der Waals surface area contributed by atoms with Gasteiger partial charge in [0, 0.05) is 11.1 Å². The van der Waals surface area contributed by atoms with Crippen LogP contribution in [0.4, 0.5) is 30.7 Å². The van der Waals surface area contributed by atoms with Gasteiger partial charge in [-0.15, -0.1) is 0 Å². The topological polar surface area (TPSA) is 0 Å². The molecule has 0 saturated heterocycles. The average molecular weight is 375 g/mol. The Kier molecular flexibility index (Phi) is 4.72. The maximum absolute atomic E-state index is 13.9. The summed E-state index contributed by atoms with van der Waals surface area (Å²) in [5.41, 5.74) is -2.31. The minimum atomic E-state index is -4.72. The van der Waals surface area contributed by atoms with Crippen molar-refractivity contribution in [1.82, 2.24) is 0 Å². The van der Waals surface area contributed by atoms with Gasteiger partial charge in [0.1, 0.15) is 5.03 Å². The number of hydrogen-bond acceptors (Lipinski definition) is 0. The summed E-state index contributed by atoms with van der Waals surface area (Å²) in [6.45, 7) is 4.09.